The van der Waals surface area contributed by atoms with Gasteiger partial charge < -0.3 is 34.3 Å². The molecule has 0 saturated heterocycles. The molecule has 3 N–H and O–H groups in total. The van der Waals surface area contributed by atoms with Gasteiger partial charge in [0.1, 0.15) is 11.9 Å². The number of ether oxygens (including phenoxy) is 2. The maximum atomic E-state index is 13.7. The van der Waals surface area contributed by atoms with Crippen LogP contribution in [0.3, 0.4) is 0 Å². The number of nitrogens with zero attached hydrogens (tertiary/aromatic N) is 4. The summed E-state index contributed by atoms with van der Waals surface area (Å²) in [6.45, 7) is 3.68. The van der Waals surface area contributed by atoms with Crippen molar-refractivity contribution in [3.8, 4) is 11.5 Å². The van der Waals surface area contributed by atoms with Crippen LogP contribution in [0.2, 0.25) is 0 Å². The summed E-state index contributed by atoms with van der Waals surface area (Å²) in [4.78, 5) is 33.7. The van der Waals surface area contributed by atoms with Crippen LogP contribution < -0.4 is 19.5 Å². The number of aliphatic hydroxyl groups excluding tert-OH is 1. The number of hydrogen-bond acceptors (Lipinski definition) is 8. The van der Waals surface area contributed by atoms with Crippen molar-refractivity contribution in [1.29, 1.82) is 0 Å². The number of carbonyl (C=O) groups excluding carboxylic acids is 2. The van der Waals surface area contributed by atoms with Crippen molar-refractivity contribution in [3.63, 3.8) is 0 Å². The number of nitrogens with one attached hydrogen (secondary N) is 2. The number of rotatable bonds is 9. The number of fused-ring (bicyclic) bond motifs is 1. The Labute approximate surface area is 245 Å². The van der Waals surface area contributed by atoms with Gasteiger partial charge in [0, 0.05) is 38.4 Å². The van der Waals surface area contributed by atoms with E-state index in [1.807, 2.05) is 6.92 Å². The second-order valence-electron chi connectivity index (χ2n) is 10.3. The highest BCUT2D eigenvalue weighted by Gasteiger charge is 2.35. The Morgan fingerprint density at radius 1 is 1.26 bits per heavy atom. The van der Waals surface area contributed by atoms with Crippen LogP contribution in [0.15, 0.2) is 60.0 Å². The molecule has 0 spiro atoms. The van der Waals surface area contributed by atoms with Crippen molar-refractivity contribution in [2.75, 3.05) is 43.9 Å². The molecule has 4 rings (SSSR count). The molecular formula is C28H36N6O7S. The Morgan fingerprint density at radius 2 is 1.98 bits per heavy atom. The van der Waals surface area contributed by atoms with Crippen LogP contribution in [0.4, 0.5) is 16.2 Å². The number of carbonyl (C=O) groups is 2. The number of para-hydroxylation sites is 1. The molecule has 1 aliphatic heterocycles. The quantitative estimate of drug-likeness (QED) is 0.339. The molecule has 2 heterocycles. The number of imidazole rings is 1. The number of hydrogen-bond donors (Lipinski definition) is 3. The van der Waals surface area contributed by atoms with E-state index in [0.29, 0.717) is 11.4 Å². The fourth-order valence-electron chi connectivity index (χ4n) is 4.51. The van der Waals surface area contributed by atoms with Crippen molar-refractivity contribution in [2.24, 2.45) is 13.0 Å². The standard InChI is InChI=1S/C28H36N6O7S/c1-18-13-34(19(2)16-35)27(36)22-7-6-8-23(31-42(38,39)25-15-32(3)17-29-25)26(22)41-24(18)14-33(4)28(37)30-20-9-11-21(40-5)12-10-20/h6-12,15,17-19,24,31,35H,13-14,16H2,1-5H3,(H,30,37)/t18-,19+,24-/m1/s1. The zero-order chi connectivity index (χ0) is 30.6. The lowest BCUT2D eigenvalue weighted by molar-refractivity contribution is 0.0373. The van der Waals surface area contributed by atoms with Gasteiger partial charge in [0.2, 0.25) is 0 Å². The Bertz CT molecular complexity index is 1530. The van der Waals surface area contributed by atoms with Gasteiger partial charge in [-0.25, -0.2) is 9.78 Å². The van der Waals surface area contributed by atoms with E-state index < -0.39 is 28.1 Å². The largest absolute Gasteiger partial charge is 0.497 e. The molecule has 0 saturated carbocycles. The van der Waals surface area contributed by atoms with Gasteiger partial charge in [-0.1, -0.05) is 13.0 Å². The lowest BCUT2D eigenvalue weighted by Gasteiger charge is -2.38. The van der Waals surface area contributed by atoms with Crippen LogP contribution in [0.5, 0.6) is 11.5 Å². The molecule has 0 aliphatic carbocycles. The zero-order valence-electron chi connectivity index (χ0n) is 24.1. The first-order chi connectivity index (χ1) is 19.9. The third-order valence-electron chi connectivity index (χ3n) is 7.03. The normalized spacial score (nSPS) is 17.8. The summed E-state index contributed by atoms with van der Waals surface area (Å²) in [6.07, 6.45) is 2.06. The Morgan fingerprint density at radius 3 is 2.60 bits per heavy atom. The third kappa shape index (κ3) is 6.77. The smallest absolute Gasteiger partial charge is 0.321 e. The van der Waals surface area contributed by atoms with Gasteiger partial charge >= 0.3 is 6.03 Å². The van der Waals surface area contributed by atoms with Crippen LogP contribution in [-0.2, 0) is 17.1 Å². The first kappa shape index (κ1) is 30.7. The molecule has 0 unspecified atom stereocenters. The molecule has 0 radical (unpaired) electrons. The highest BCUT2D eigenvalue weighted by atomic mass is 32.2. The van der Waals surface area contributed by atoms with E-state index >= 15 is 0 Å². The molecule has 14 heteroatoms. The van der Waals surface area contributed by atoms with Crippen LogP contribution in [-0.4, -0.2) is 90.8 Å². The minimum Gasteiger partial charge on any atom is -0.497 e. The van der Waals surface area contributed by atoms with Crippen molar-refractivity contribution in [3.05, 3.63) is 60.6 Å². The summed E-state index contributed by atoms with van der Waals surface area (Å²) in [5.74, 6) is -0.0470. The highest BCUT2D eigenvalue weighted by molar-refractivity contribution is 7.92. The third-order valence-corrected chi connectivity index (χ3v) is 8.28. The van der Waals surface area contributed by atoms with Crippen molar-refractivity contribution in [1.82, 2.24) is 19.4 Å². The van der Waals surface area contributed by atoms with E-state index in [-0.39, 0.29) is 53.7 Å². The molecular weight excluding hydrogens is 564 g/mol. The van der Waals surface area contributed by atoms with Gasteiger partial charge in [-0.2, -0.15) is 8.42 Å². The predicted octanol–water partition coefficient (Wildman–Crippen LogP) is 2.61. The molecule has 3 amide bonds. The number of aromatic nitrogens is 2. The fourth-order valence-corrected chi connectivity index (χ4v) is 5.56. The summed E-state index contributed by atoms with van der Waals surface area (Å²) in [5.41, 5.74) is 0.746. The van der Waals surface area contributed by atoms with Gasteiger partial charge in [-0.05, 0) is 43.3 Å². The Hall–Kier alpha value is -4.30. The van der Waals surface area contributed by atoms with Gasteiger partial charge in [0.25, 0.3) is 15.9 Å². The number of benzene rings is 2. The van der Waals surface area contributed by atoms with Gasteiger partial charge in [-0.3, -0.25) is 9.52 Å². The summed E-state index contributed by atoms with van der Waals surface area (Å²) < 4.78 is 41.9. The SMILES string of the molecule is COc1ccc(NC(=O)N(C)C[C@H]2Oc3c(NS(=O)(=O)c4cn(C)cn4)cccc3C(=O)N([C@@H](C)CO)C[C@H]2C)cc1. The maximum absolute atomic E-state index is 13.7. The second kappa shape index (κ2) is 12.7. The zero-order valence-corrected chi connectivity index (χ0v) is 25.0. The number of likely N-dealkylation sites (N-methyl/N-ethyl adjacent to an activating group) is 1. The lowest BCUT2D eigenvalue weighted by atomic mass is 9.99. The monoisotopic (exact) mass is 600 g/mol. The minimum atomic E-state index is -4.12. The number of methoxy groups -OCH3 is 1. The summed E-state index contributed by atoms with van der Waals surface area (Å²) >= 11 is 0. The molecule has 42 heavy (non-hydrogen) atoms. The van der Waals surface area contributed by atoms with Crippen LogP contribution in [0.25, 0.3) is 0 Å². The van der Waals surface area contributed by atoms with Crippen molar-refractivity contribution in [2.45, 2.75) is 31.0 Å². The Kier molecular flexibility index (Phi) is 9.27. The molecule has 0 fully saturated rings. The van der Waals surface area contributed by atoms with Gasteiger partial charge in [0.15, 0.2) is 10.8 Å². The van der Waals surface area contributed by atoms with E-state index in [1.165, 1.54) is 33.0 Å². The number of amides is 3. The number of aryl methyl sites for hydroxylation is 1. The fraction of sp³-hybridized carbons (Fsp3) is 0.393. The van der Waals surface area contributed by atoms with Gasteiger partial charge in [-0.15, -0.1) is 0 Å². The molecule has 226 valence electrons. The van der Waals surface area contributed by atoms with E-state index in [0.717, 1.165) is 0 Å². The summed E-state index contributed by atoms with van der Waals surface area (Å²) in [5, 5.41) is 12.5. The average molecular weight is 601 g/mol. The molecule has 3 atom stereocenters. The predicted molar refractivity (Wildman–Crippen MR) is 156 cm³/mol. The van der Waals surface area contributed by atoms with Crippen LogP contribution >= 0.6 is 0 Å². The summed E-state index contributed by atoms with van der Waals surface area (Å²) in [6, 6.07) is 10.6. The van der Waals surface area contributed by atoms with Crippen LogP contribution in [0.1, 0.15) is 24.2 Å². The minimum absolute atomic E-state index is 0.0256. The van der Waals surface area contributed by atoms with E-state index in [4.69, 9.17) is 9.47 Å². The summed E-state index contributed by atoms with van der Waals surface area (Å²) in [7, 11) is 0.703. The first-order valence-corrected chi connectivity index (χ1v) is 14.8. The van der Waals surface area contributed by atoms with Crippen LogP contribution in [0, 0.1) is 5.92 Å². The van der Waals surface area contributed by atoms with Gasteiger partial charge in [0.05, 0.1) is 43.9 Å². The second-order valence-corrected chi connectivity index (χ2v) is 12.0. The highest BCUT2D eigenvalue weighted by Crippen LogP contribution is 2.36. The first-order valence-electron chi connectivity index (χ1n) is 13.3. The van der Waals surface area contributed by atoms with E-state index in [9.17, 15) is 23.1 Å². The molecule has 0 bridgehead atoms. The number of urea groups is 1. The number of aliphatic hydroxyl groups is 1. The van der Waals surface area contributed by atoms with E-state index in [2.05, 4.69) is 15.0 Å². The number of sulfonamides is 1. The molecule has 13 nitrogen and oxygen atoms in total. The van der Waals surface area contributed by atoms with Crippen molar-refractivity contribution < 1.29 is 32.6 Å². The Balaban J connectivity index is 1.66. The topological polar surface area (TPSA) is 155 Å². The molecule has 3 aromatic rings. The molecule has 1 aliphatic rings. The van der Waals surface area contributed by atoms with Crippen molar-refractivity contribution >= 4 is 33.3 Å². The van der Waals surface area contributed by atoms with E-state index in [1.54, 1.807) is 64.5 Å². The maximum Gasteiger partial charge on any atom is 0.321 e. The average Bonchev–Trinajstić information content (AvgIpc) is 3.42. The molecule has 2 aromatic carbocycles. The lowest BCUT2D eigenvalue weighted by Crippen LogP contribution is -2.50. The number of anilines is 2. The molecule has 1 aromatic heterocycles.